The second kappa shape index (κ2) is 7.06. The lowest BCUT2D eigenvalue weighted by atomic mass is 10.3. The predicted octanol–water partition coefficient (Wildman–Crippen LogP) is 0.467. The maximum absolute atomic E-state index is 11.3. The monoisotopic (exact) mass is 238 g/mol. The Kier molecular flexibility index (Phi) is 5.69. The van der Waals surface area contributed by atoms with E-state index in [1.54, 1.807) is 6.20 Å². The number of rotatable bonds is 7. The number of hydrogen-bond donors (Lipinski definition) is 2. The topological polar surface area (TPSA) is 59.0 Å². The molecule has 0 saturated heterocycles. The van der Waals surface area contributed by atoms with Gasteiger partial charge in [0.25, 0.3) is 0 Å². The van der Waals surface area contributed by atoms with Crippen LogP contribution in [-0.2, 0) is 18.3 Å². The maximum atomic E-state index is 11.3. The van der Waals surface area contributed by atoms with Crippen molar-refractivity contribution in [2.24, 2.45) is 7.05 Å². The third-order valence-corrected chi connectivity index (χ3v) is 2.42. The molecule has 0 atom stereocenters. The van der Waals surface area contributed by atoms with Crippen LogP contribution in [0.25, 0.3) is 0 Å². The summed E-state index contributed by atoms with van der Waals surface area (Å²) in [4.78, 5) is 15.6. The highest BCUT2D eigenvalue weighted by Crippen LogP contribution is 1.93. The number of nitrogens with zero attached hydrogens (tertiary/aromatic N) is 2. The number of aromatic nitrogens is 2. The minimum atomic E-state index is 0.101. The van der Waals surface area contributed by atoms with Crippen LogP contribution >= 0.6 is 0 Å². The van der Waals surface area contributed by atoms with Gasteiger partial charge in [0.05, 0.1) is 0 Å². The summed E-state index contributed by atoms with van der Waals surface area (Å²) >= 11 is 0. The minimum Gasteiger partial charge on any atom is -0.354 e. The standard InChI is InChI=1S/C12H22N4O/c1-10(2)15-12(17)5-7-13-6-4-11-14-8-9-16(11)3/h8-10,13H,4-7H2,1-3H3,(H,15,17). The number of imidazole rings is 1. The van der Waals surface area contributed by atoms with Gasteiger partial charge < -0.3 is 15.2 Å². The van der Waals surface area contributed by atoms with Gasteiger partial charge in [-0.3, -0.25) is 4.79 Å². The van der Waals surface area contributed by atoms with E-state index >= 15 is 0 Å². The normalized spacial score (nSPS) is 10.8. The first-order chi connectivity index (χ1) is 8.09. The highest BCUT2D eigenvalue weighted by atomic mass is 16.1. The maximum Gasteiger partial charge on any atom is 0.221 e. The van der Waals surface area contributed by atoms with Gasteiger partial charge in [-0.15, -0.1) is 0 Å². The summed E-state index contributed by atoms with van der Waals surface area (Å²) in [6.45, 7) is 5.49. The first-order valence-electron chi connectivity index (χ1n) is 6.06. The Balaban J connectivity index is 2.05. The van der Waals surface area contributed by atoms with E-state index in [4.69, 9.17) is 0 Å². The third-order valence-electron chi connectivity index (χ3n) is 2.42. The molecular weight excluding hydrogens is 216 g/mol. The molecule has 1 rings (SSSR count). The van der Waals surface area contributed by atoms with E-state index in [0.717, 1.165) is 18.8 Å². The molecule has 96 valence electrons. The first kappa shape index (κ1) is 13.7. The Hall–Kier alpha value is -1.36. The zero-order chi connectivity index (χ0) is 12.7. The molecule has 0 bridgehead atoms. The van der Waals surface area contributed by atoms with Gasteiger partial charge in [0.1, 0.15) is 5.82 Å². The Morgan fingerprint density at radius 2 is 2.24 bits per heavy atom. The summed E-state index contributed by atoms with van der Waals surface area (Å²) in [5.41, 5.74) is 0. The number of nitrogens with one attached hydrogen (secondary N) is 2. The van der Waals surface area contributed by atoms with Gasteiger partial charge >= 0.3 is 0 Å². The van der Waals surface area contributed by atoms with Crippen LogP contribution in [0.2, 0.25) is 0 Å². The molecule has 0 aliphatic carbocycles. The number of hydrogen-bond acceptors (Lipinski definition) is 3. The van der Waals surface area contributed by atoms with Gasteiger partial charge in [-0.2, -0.15) is 0 Å². The van der Waals surface area contributed by atoms with E-state index in [-0.39, 0.29) is 11.9 Å². The van der Waals surface area contributed by atoms with Crippen molar-refractivity contribution in [3.8, 4) is 0 Å². The summed E-state index contributed by atoms with van der Waals surface area (Å²) in [6.07, 6.45) is 5.14. The molecule has 1 amide bonds. The van der Waals surface area contributed by atoms with Crippen LogP contribution in [0, 0.1) is 0 Å². The van der Waals surface area contributed by atoms with Crippen molar-refractivity contribution in [2.45, 2.75) is 32.7 Å². The number of aryl methyl sites for hydroxylation is 1. The van der Waals surface area contributed by atoms with Crippen molar-refractivity contribution in [2.75, 3.05) is 13.1 Å². The fourth-order valence-corrected chi connectivity index (χ4v) is 1.56. The molecule has 1 heterocycles. The quantitative estimate of drug-likeness (QED) is 0.679. The SMILES string of the molecule is CC(C)NC(=O)CCNCCc1nccn1C. The fraction of sp³-hybridized carbons (Fsp3) is 0.667. The van der Waals surface area contributed by atoms with Gasteiger partial charge in [-0.1, -0.05) is 0 Å². The summed E-state index contributed by atoms with van der Waals surface area (Å²) in [5.74, 6) is 1.16. The van der Waals surface area contributed by atoms with Crippen LogP contribution in [0.3, 0.4) is 0 Å². The van der Waals surface area contributed by atoms with E-state index in [2.05, 4.69) is 15.6 Å². The van der Waals surface area contributed by atoms with Gasteiger partial charge in [0.2, 0.25) is 5.91 Å². The highest BCUT2D eigenvalue weighted by Gasteiger charge is 2.02. The van der Waals surface area contributed by atoms with Crippen molar-refractivity contribution < 1.29 is 4.79 Å². The Morgan fingerprint density at radius 1 is 1.47 bits per heavy atom. The van der Waals surface area contributed by atoms with Crippen molar-refractivity contribution in [3.05, 3.63) is 18.2 Å². The molecule has 0 fully saturated rings. The summed E-state index contributed by atoms with van der Waals surface area (Å²) < 4.78 is 2.01. The first-order valence-corrected chi connectivity index (χ1v) is 6.06. The third kappa shape index (κ3) is 5.49. The molecule has 2 N–H and O–H groups in total. The van der Waals surface area contributed by atoms with Crippen LogP contribution in [-0.4, -0.2) is 34.6 Å². The van der Waals surface area contributed by atoms with E-state index in [0.29, 0.717) is 13.0 Å². The molecule has 0 radical (unpaired) electrons. The van der Waals surface area contributed by atoms with E-state index in [1.807, 2.05) is 31.7 Å². The Morgan fingerprint density at radius 3 is 2.82 bits per heavy atom. The molecule has 17 heavy (non-hydrogen) atoms. The average Bonchev–Trinajstić information content (AvgIpc) is 2.63. The van der Waals surface area contributed by atoms with Crippen molar-refractivity contribution in [1.29, 1.82) is 0 Å². The lowest BCUT2D eigenvalue weighted by molar-refractivity contribution is -0.121. The second-order valence-corrected chi connectivity index (χ2v) is 4.43. The van der Waals surface area contributed by atoms with E-state index in [1.165, 1.54) is 0 Å². The second-order valence-electron chi connectivity index (χ2n) is 4.43. The molecule has 0 aliphatic rings. The number of carbonyl (C=O) groups is 1. The lowest BCUT2D eigenvalue weighted by Crippen LogP contribution is -2.33. The smallest absolute Gasteiger partial charge is 0.221 e. The minimum absolute atomic E-state index is 0.101. The summed E-state index contributed by atoms with van der Waals surface area (Å²) in [6, 6.07) is 0.218. The number of carbonyl (C=O) groups excluding carboxylic acids is 1. The fourth-order valence-electron chi connectivity index (χ4n) is 1.56. The van der Waals surface area contributed by atoms with E-state index < -0.39 is 0 Å². The van der Waals surface area contributed by atoms with Crippen molar-refractivity contribution >= 4 is 5.91 Å². The molecule has 0 saturated carbocycles. The average molecular weight is 238 g/mol. The molecule has 0 spiro atoms. The van der Waals surface area contributed by atoms with Crippen molar-refractivity contribution in [1.82, 2.24) is 20.2 Å². The molecule has 5 heteroatoms. The largest absolute Gasteiger partial charge is 0.354 e. The highest BCUT2D eigenvalue weighted by molar-refractivity contribution is 5.76. The van der Waals surface area contributed by atoms with Gasteiger partial charge in [0.15, 0.2) is 0 Å². The summed E-state index contributed by atoms with van der Waals surface area (Å²) in [7, 11) is 1.98. The Labute approximate surface area is 103 Å². The van der Waals surface area contributed by atoms with Crippen LogP contribution in [0.15, 0.2) is 12.4 Å². The van der Waals surface area contributed by atoms with Crippen LogP contribution < -0.4 is 10.6 Å². The zero-order valence-corrected chi connectivity index (χ0v) is 10.9. The molecule has 0 aliphatic heterocycles. The Bertz CT molecular complexity index is 346. The molecule has 0 aromatic carbocycles. The molecular formula is C12H22N4O. The molecule has 5 nitrogen and oxygen atoms in total. The zero-order valence-electron chi connectivity index (χ0n) is 10.9. The van der Waals surface area contributed by atoms with Gasteiger partial charge in [-0.05, 0) is 13.8 Å². The van der Waals surface area contributed by atoms with Crippen LogP contribution in [0.4, 0.5) is 0 Å². The predicted molar refractivity (Wildman–Crippen MR) is 67.7 cm³/mol. The van der Waals surface area contributed by atoms with E-state index in [9.17, 15) is 4.79 Å². The lowest BCUT2D eigenvalue weighted by Gasteiger charge is -2.08. The molecule has 1 aromatic rings. The molecule has 0 unspecified atom stereocenters. The van der Waals surface area contributed by atoms with Crippen LogP contribution in [0.1, 0.15) is 26.1 Å². The van der Waals surface area contributed by atoms with Crippen molar-refractivity contribution in [3.63, 3.8) is 0 Å². The van der Waals surface area contributed by atoms with Gasteiger partial charge in [0, 0.05) is 51.4 Å². The van der Waals surface area contributed by atoms with Gasteiger partial charge in [-0.25, -0.2) is 4.98 Å². The molecule has 1 aromatic heterocycles. The number of amides is 1. The van der Waals surface area contributed by atoms with Crippen LogP contribution in [0.5, 0.6) is 0 Å². The summed E-state index contributed by atoms with van der Waals surface area (Å²) in [5, 5.41) is 6.10.